The summed E-state index contributed by atoms with van der Waals surface area (Å²) in [5, 5.41) is 17.7. The van der Waals surface area contributed by atoms with Crippen molar-refractivity contribution in [3.8, 4) is 0 Å². The third-order valence-electron chi connectivity index (χ3n) is 2.16. The van der Waals surface area contributed by atoms with Crippen molar-refractivity contribution in [2.45, 2.75) is 19.3 Å². The predicted octanol–water partition coefficient (Wildman–Crippen LogP) is 1.55. The maximum atomic E-state index is 10.9. The molecule has 1 atom stereocenters. The van der Waals surface area contributed by atoms with Crippen LogP contribution >= 0.6 is 0 Å². The lowest BCUT2D eigenvalue weighted by Gasteiger charge is -2.11. The summed E-state index contributed by atoms with van der Waals surface area (Å²) in [6.07, 6.45) is 0.263. The number of hydrogen-bond acceptors (Lipinski definition) is 2. The maximum Gasteiger partial charge on any atom is 0.311 e. The minimum absolute atomic E-state index is 0.106. The monoisotopic (exact) mass is 194 g/mol. The summed E-state index contributed by atoms with van der Waals surface area (Å²) in [6.45, 7) is 1.81. The number of hydrogen-bond donors (Lipinski definition) is 2. The summed E-state index contributed by atoms with van der Waals surface area (Å²) in [5.41, 5.74) is 1.79. The molecule has 0 radical (unpaired) electrons. The first-order valence-corrected chi connectivity index (χ1v) is 4.55. The van der Waals surface area contributed by atoms with Gasteiger partial charge in [-0.3, -0.25) is 4.79 Å². The van der Waals surface area contributed by atoms with Crippen LogP contribution in [0.4, 0.5) is 0 Å². The normalized spacial score (nSPS) is 12.4. The molecule has 0 aliphatic heterocycles. The van der Waals surface area contributed by atoms with Crippen molar-refractivity contribution in [1.82, 2.24) is 0 Å². The number of benzene rings is 1. The van der Waals surface area contributed by atoms with E-state index >= 15 is 0 Å². The van der Waals surface area contributed by atoms with Gasteiger partial charge in [-0.25, -0.2) is 0 Å². The van der Waals surface area contributed by atoms with Gasteiger partial charge in [-0.15, -0.1) is 0 Å². The number of rotatable bonds is 4. The fraction of sp³-hybridized carbons (Fsp3) is 0.364. The topological polar surface area (TPSA) is 57.5 Å². The molecule has 3 heteroatoms. The van der Waals surface area contributed by atoms with Crippen LogP contribution in [-0.2, 0) is 4.79 Å². The summed E-state index contributed by atoms with van der Waals surface area (Å²) >= 11 is 0. The van der Waals surface area contributed by atoms with E-state index in [1.165, 1.54) is 0 Å². The van der Waals surface area contributed by atoms with E-state index in [1.54, 1.807) is 6.07 Å². The van der Waals surface area contributed by atoms with Gasteiger partial charge in [-0.05, 0) is 18.9 Å². The van der Waals surface area contributed by atoms with Crippen molar-refractivity contribution in [2.75, 3.05) is 6.61 Å². The average Bonchev–Trinajstić information content (AvgIpc) is 2.13. The molecule has 0 spiro atoms. The fourth-order valence-electron chi connectivity index (χ4n) is 1.45. The number of carbonyl (C=O) groups is 1. The second-order valence-electron chi connectivity index (χ2n) is 3.32. The molecule has 0 aliphatic rings. The highest BCUT2D eigenvalue weighted by Gasteiger charge is 2.18. The molecule has 0 saturated carbocycles. The van der Waals surface area contributed by atoms with Gasteiger partial charge in [0.1, 0.15) is 0 Å². The third-order valence-corrected chi connectivity index (χ3v) is 2.16. The molecule has 0 heterocycles. The van der Waals surface area contributed by atoms with Gasteiger partial charge in [0.25, 0.3) is 0 Å². The molecule has 0 fully saturated rings. The van der Waals surface area contributed by atoms with Crippen LogP contribution in [0.1, 0.15) is 23.5 Å². The molecule has 1 aromatic rings. The largest absolute Gasteiger partial charge is 0.481 e. The van der Waals surface area contributed by atoms with Gasteiger partial charge in [-0.1, -0.05) is 29.8 Å². The molecule has 0 aromatic heterocycles. The second kappa shape index (κ2) is 4.77. The van der Waals surface area contributed by atoms with Crippen LogP contribution in [0.2, 0.25) is 0 Å². The Labute approximate surface area is 83.0 Å². The molecule has 1 unspecified atom stereocenters. The summed E-state index contributed by atoms with van der Waals surface area (Å²) in [7, 11) is 0. The van der Waals surface area contributed by atoms with Gasteiger partial charge in [0.15, 0.2) is 0 Å². The van der Waals surface area contributed by atoms with Crippen molar-refractivity contribution in [3.63, 3.8) is 0 Å². The molecular formula is C11H14O3. The van der Waals surface area contributed by atoms with Crippen molar-refractivity contribution >= 4 is 5.97 Å². The highest BCUT2D eigenvalue weighted by atomic mass is 16.4. The molecule has 0 saturated heterocycles. The fourth-order valence-corrected chi connectivity index (χ4v) is 1.45. The zero-order valence-electron chi connectivity index (χ0n) is 8.10. The zero-order valence-corrected chi connectivity index (χ0v) is 8.10. The lowest BCUT2D eigenvalue weighted by atomic mass is 9.95. The van der Waals surface area contributed by atoms with E-state index in [-0.39, 0.29) is 13.0 Å². The van der Waals surface area contributed by atoms with E-state index in [0.29, 0.717) is 0 Å². The zero-order chi connectivity index (χ0) is 10.6. The number of carboxylic acids is 1. The van der Waals surface area contributed by atoms with E-state index in [1.807, 2.05) is 25.1 Å². The molecule has 3 nitrogen and oxygen atoms in total. The van der Waals surface area contributed by atoms with Gasteiger partial charge < -0.3 is 10.2 Å². The summed E-state index contributed by atoms with van der Waals surface area (Å²) in [5.74, 6) is -1.48. The number of aryl methyl sites for hydroxylation is 1. The Hall–Kier alpha value is -1.35. The van der Waals surface area contributed by atoms with E-state index in [9.17, 15) is 4.79 Å². The Morgan fingerprint density at radius 3 is 2.71 bits per heavy atom. The summed E-state index contributed by atoms with van der Waals surface area (Å²) < 4.78 is 0. The highest BCUT2D eigenvalue weighted by molar-refractivity contribution is 5.76. The van der Waals surface area contributed by atoms with Crippen molar-refractivity contribution in [2.24, 2.45) is 0 Å². The smallest absolute Gasteiger partial charge is 0.311 e. The van der Waals surface area contributed by atoms with Gasteiger partial charge in [-0.2, -0.15) is 0 Å². The van der Waals surface area contributed by atoms with Gasteiger partial charge in [0.2, 0.25) is 0 Å². The van der Waals surface area contributed by atoms with E-state index < -0.39 is 11.9 Å². The van der Waals surface area contributed by atoms with Crippen LogP contribution in [0.25, 0.3) is 0 Å². The van der Waals surface area contributed by atoms with Crippen LogP contribution in [0, 0.1) is 6.92 Å². The average molecular weight is 194 g/mol. The minimum atomic E-state index is -0.885. The van der Waals surface area contributed by atoms with E-state index in [0.717, 1.165) is 11.1 Å². The first-order chi connectivity index (χ1) is 6.65. The molecule has 1 rings (SSSR count). The Morgan fingerprint density at radius 2 is 2.21 bits per heavy atom. The highest BCUT2D eigenvalue weighted by Crippen LogP contribution is 2.20. The number of aliphatic hydroxyl groups is 1. The van der Waals surface area contributed by atoms with E-state index in [4.69, 9.17) is 10.2 Å². The second-order valence-corrected chi connectivity index (χ2v) is 3.32. The standard InChI is InChI=1S/C11H14O3/c1-8-3-2-4-9(7-8)10(5-6-12)11(13)14/h2-4,7,10,12H,5-6H2,1H3,(H,13,14). The van der Waals surface area contributed by atoms with E-state index in [2.05, 4.69) is 0 Å². The lowest BCUT2D eigenvalue weighted by molar-refractivity contribution is -0.139. The van der Waals surface area contributed by atoms with Crippen molar-refractivity contribution in [3.05, 3.63) is 35.4 Å². The van der Waals surface area contributed by atoms with Crippen molar-refractivity contribution in [1.29, 1.82) is 0 Å². The molecule has 0 amide bonds. The van der Waals surface area contributed by atoms with Crippen LogP contribution in [0.3, 0.4) is 0 Å². The molecule has 14 heavy (non-hydrogen) atoms. The molecule has 76 valence electrons. The predicted molar refractivity (Wildman–Crippen MR) is 53.3 cm³/mol. The Kier molecular flexibility index (Phi) is 3.65. The Balaban J connectivity index is 2.93. The van der Waals surface area contributed by atoms with Crippen LogP contribution in [0.5, 0.6) is 0 Å². The minimum Gasteiger partial charge on any atom is -0.481 e. The van der Waals surface area contributed by atoms with Crippen LogP contribution in [-0.4, -0.2) is 22.8 Å². The number of carboxylic acid groups (broad SMARTS) is 1. The van der Waals surface area contributed by atoms with Gasteiger partial charge >= 0.3 is 5.97 Å². The quantitative estimate of drug-likeness (QED) is 0.764. The number of aliphatic hydroxyl groups excluding tert-OH is 1. The first kappa shape index (κ1) is 10.7. The first-order valence-electron chi connectivity index (χ1n) is 4.55. The van der Waals surface area contributed by atoms with Crippen LogP contribution in [0.15, 0.2) is 24.3 Å². The van der Waals surface area contributed by atoms with Gasteiger partial charge in [0, 0.05) is 6.61 Å². The SMILES string of the molecule is Cc1cccc(C(CCO)C(=O)O)c1. The maximum absolute atomic E-state index is 10.9. The van der Waals surface area contributed by atoms with Gasteiger partial charge in [0.05, 0.1) is 5.92 Å². The molecule has 0 aliphatic carbocycles. The number of aliphatic carboxylic acids is 1. The summed E-state index contributed by atoms with van der Waals surface area (Å²) in [4.78, 5) is 10.9. The third kappa shape index (κ3) is 2.57. The molecular weight excluding hydrogens is 180 g/mol. The Morgan fingerprint density at radius 1 is 1.50 bits per heavy atom. The van der Waals surface area contributed by atoms with Crippen molar-refractivity contribution < 1.29 is 15.0 Å². The molecule has 1 aromatic carbocycles. The lowest BCUT2D eigenvalue weighted by Crippen LogP contribution is -2.13. The molecule has 2 N–H and O–H groups in total. The Bertz CT molecular complexity index is 320. The molecule has 0 bridgehead atoms. The summed E-state index contributed by atoms with van der Waals surface area (Å²) in [6, 6.07) is 7.37. The van der Waals surface area contributed by atoms with Crippen LogP contribution < -0.4 is 0 Å².